The number of hydrogen-bond donors (Lipinski definition) is 1. The molecule has 0 unspecified atom stereocenters. The number of aromatic nitrogens is 1. The minimum Gasteiger partial charge on any atom is -0.368 e. The van der Waals surface area contributed by atoms with Gasteiger partial charge in [0, 0.05) is 24.1 Å². The fourth-order valence-corrected chi connectivity index (χ4v) is 3.46. The Bertz CT molecular complexity index is 974. The van der Waals surface area contributed by atoms with Crippen LogP contribution in [0.3, 0.4) is 0 Å². The maximum atomic E-state index is 13.8. The van der Waals surface area contributed by atoms with Crippen molar-refractivity contribution in [3.8, 4) is 0 Å². The summed E-state index contributed by atoms with van der Waals surface area (Å²) in [6.45, 7) is 0.445. The Morgan fingerprint density at radius 1 is 1.23 bits per heavy atom. The number of carbonyl (C=O) groups is 1. The third-order valence-corrected chi connectivity index (χ3v) is 4.92. The number of amides is 1. The minimum absolute atomic E-state index is 0.0653. The van der Waals surface area contributed by atoms with Crippen LogP contribution in [0.1, 0.15) is 17.9 Å². The molecule has 0 aliphatic carbocycles. The van der Waals surface area contributed by atoms with Gasteiger partial charge in [-0.3, -0.25) is 9.78 Å². The molecule has 1 N–H and O–H groups in total. The van der Waals surface area contributed by atoms with Crippen LogP contribution in [0.15, 0.2) is 54.7 Å². The standard InChI is InChI=1S/C20H16ClFN2O2/c21-15-7-6-13(11-16(15)22)14-8-10-26-19(14)20(25)24-17-5-1-3-12-4-2-9-23-18(12)17/h1-7,9,11,14,19H,8,10H2,(H,24,25)/t14-,19-/m1/s1. The summed E-state index contributed by atoms with van der Waals surface area (Å²) in [6.07, 6.45) is 1.64. The number of nitrogens with zero attached hydrogens (tertiary/aromatic N) is 1. The average Bonchev–Trinajstić information content (AvgIpc) is 3.14. The van der Waals surface area contributed by atoms with E-state index in [0.29, 0.717) is 24.3 Å². The second kappa shape index (κ2) is 7.02. The second-order valence-corrected chi connectivity index (χ2v) is 6.64. The molecule has 1 aromatic heterocycles. The van der Waals surface area contributed by atoms with Crippen LogP contribution >= 0.6 is 11.6 Å². The van der Waals surface area contributed by atoms with Crippen LogP contribution in [0.5, 0.6) is 0 Å². The first kappa shape index (κ1) is 16.9. The highest BCUT2D eigenvalue weighted by atomic mass is 35.5. The number of carbonyl (C=O) groups excluding carboxylic acids is 1. The van der Waals surface area contributed by atoms with E-state index < -0.39 is 11.9 Å². The number of hydrogen-bond acceptors (Lipinski definition) is 3. The minimum atomic E-state index is -0.686. The molecule has 0 spiro atoms. The van der Waals surface area contributed by atoms with Crippen LogP contribution in [-0.2, 0) is 9.53 Å². The lowest BCUT2D eigenvalue weighted by Crippen LogP contribution is -2.31. The SMILES string of the molecule is O=C(Nc1cccc2cccnc12)[C@@H]1OCC[C@@H]1c1ccc(Cl)c(F)c1. The van der Waals surface area contributed by atoms with Gasteiger partial charge in [-0.05, 0) is 36.2 Å². The van der Waals surface area contributed by atoms with Crippen molar-refractivity contribution in [2.45, 2.75) is 18.4 Å². The summed E-state index contributed by atoms with van der Waals surface area (Å²) in [7, 11) is 0. The molecule has 2 heterocycles. The quantitative estimate of drug-likeness (QED) is 0.736. The summed E-state index contributed by atoms with van der Waals surface area (Å²) < 4.78 is 19.4. The Morgan fingerprint density at radius 3 is 2.92 bits per heavy atom. The van der Waals surface area contributed by atoms with Crippen molar-refractivity contribution in [2.24, 2.45) is 0 Å². The van der Waals surface area contributed by atoms with Crippen molar-refractivity contribution in [2.75, 3.05) is 11.9 Å². The van der Waals surface area contributed by atoms with Crippen LogP contribution < -0.4 is 5.32 Å². The highest BCUT2D eigenvalue weighted by molar-refractivity contribution is 6.30. The molecule has 0 radical (unpaired) electrons. The Morgan fingerprint density at radius 2 is 2.08 bits per heavy atom. The lowest BCUT2D eigenvalue weighted by atomic mass is 9.92. The lowest BCUT2D eigenvalue weighted by Gasteiger charge is -2.19. The molecule has 6 heteroatoms. The van der Waals surface area contributed by atoms with E-state index in [-0.39, 0.29) is 16.8 Å². The van der Waals surface area contributed by atoms with E-state index in [1.54, 1.807) is 18.3 Å². The Balaban J connectivity index is 1.59. The van der Waals surface area contributed by atoms with Gasteiger partial charge >= 0.3 is 0 Å². The Labute approximate surface area is 155 Å². The van der Waals surface area contributed by atoms with E-state index in [4.69, 9.17) is 16.3 Å². The van der Waals surface area contributed by atoms with E-state index in [1.165, 1.54) is 12.1 Å². The van der Waals surface area contributed by atoms with Gasteiger partial charge in [-0.25, -0.2) is 4.39 Å². The lowest BCUT2D eigenvalue weighted by molar-refractivity contribution is -0.125. The van der Waals surface area contributed by atoms with E-state index in [1.807, 2.05) is 24.3 Å². The van der Waals surface area contributed by atoms with E-state index in [2.05, 4.69) is 10.3 Å². The summed E-state index contributed by atoms with van der Waals surface area (Å²) in [5.74, 6) is -0.973. The zero-order valence-electron chi connectivity index (χ0n) is 13.8. The summed E-state index contributed by atoms with van der Waals surface area (Å²) >= 11 is 5.76. The molecule has 1 amide bonds. The van der Waals surface area contributed by atoms with Gasteiger partial charge in [0.25, 0.3) is 5.91 Å². The second-order valence-electron chi connectivity index (χ2n) is 6.23. The number of benzene rings is 2. The Kier molecular flexibility index (Phi) is 4.57. The predicted octanol–water partition coefficient (Wildman–Crippen LogP) is 4.54. The maximum absolute atomic E-state index is 13.8. The van der Waals surface area contributed by atoms with Crippen molar-refractivity contribution in [1.29, 1.82) is 0 Å². The van der Waals surface area contributed by atoms with Gasteiger partial charge in [0.2, 0.25) is 0 Å². The molecule has 2 aromatic carbocycles. The average molecular weight is 371 g/mol. The summed E-state index contributed by atoms with van der Waals surface area (Å²) in [5, 5.41) is 3.91. The molecule has 26 heavy (non-hydrogen) atoms. The zero-order chi connectivity index (χ0) is 18.1. The summed E-state index contributed by atoms with van der Waals surface area (Å²) in [4.78, 5) is 17.1. The molecule has 4 nitrogen and oxygen atoms in total. The van der Waals surface area contributed by atoms with E-state index >= 15 is 0 Å². The predicted molar refractivity (Wildman–Crippen MR) is 98.9 cm³/mol. The van der Waals surface area contributed by atoms with Gasteiger partial charge in [-0.1, -0.05) is 35.9 Å². The number of anilines is 1. The number of fused-ring (bicyclic) bond motifs is 1. The van der Waals surface area contributed by atoms with Gasteiger partial charge in [-0.2, -0.15) is 0 Å². The first-order valence-electron chi connectivity index (χ1n) is 8.34. The number of nitrogens with one attached hydrogen (secondary N) is 1. The number of para-hydroxylation sites is 1. The van der Waals surface area contributed by atoms with Crippen LogP contribution in [-0.4, -0.2) is 23.6 Å². The van der Waals surface area contributed by atoms with Crippen molar-refractivity contribution >= 4 is 34.1 Å². The molecule has 2 atom stereocenters. The molecule has 0 bridgehead atoms. The van der Waals surface area contributed by atoms with Gasteiger partial charge < -0.3 is 10.1 Å². The molecule has 132 valence electrons. The highest BCUT2D eigenvalue weighted by Gasteiger charge is 2.35. The van der Waals surface area contributed by atoms with E-state index in [9.17, 15) is 9.18 Å². The van der Waals surface area contributed by atoms with Crippen LogP contribution in [0.25, 0.3) is 10.9 Å². The molecular formula is C20H16ClFN2O2. The van der Waals surface area contributed by atoms with Crippen molar-refractivity contribution in [3.05, 3.63) is 71.1 Å². The van der Waals surface area contributed by atoms with Gasteiger partial charge in [-0.15, -0.1) is 0 Å². The summed E-state index contributed by atoms with van der Waals surface area (Å²) in [6, 6.07) is 14.0. The largest absolute Gasteiger partial charge is 0.368 e. The fourth-order valence-electron chi connectivity index (χ4n) is 3.34. The summed E-state index contributed by atoms with van der Waals surface area (Å²) in [5.41, 5.74) is 2.06. The molecule has 4 rings (SSSR count). The van der Waals surface area contributed by atoms with Crippen molar-refractivity contribution in [3.63, 3.8) is 0 Å². The van der Waals surface area contributed by atoms with Crippen molar-refractivity contribution < 1.29 is 13.9 Å². The van der Waals surface area contributed by atoms with Crippen molar-refractivity contribution in [1.82, 2.24) is 4.98 Å². The monoisotopic (exact) mass is 370 g/mol. The number of halogens is 2. The molecule has 3 aromatic rings. The fraction of sp³-hybridized carbons (Fsp3) is 0.200. The van der Waals surface area contributed by atoms with Gasteiger partial charge in [0.1, 0.15) is 11.9 Å². The third kappa shape index (κ3) is 3.16. The number of rotatable bonds is 3. The smallest absolute Gasteiger partial charge is 0.254 e. The first-order valence-corrected chi connectivity index (χ1v) is 8.72. The molecular weight excluding hydrogens is 355 g/mol. The highest BCUT2D eigenvalue weighted by Crippen LogP contribution is 2.34. The number of pyridine rings is 1. The zero-order valence-corrected chi connectivity index (χ0v) is 14.5. The van der Waals surface area contributed by atoms with E-state index in [0.717, 1.165) is 10.9 Å². The van der Waals surface area contributed by atoms with Crippen LogP contribution in [0.4, 0.5) is 10.1 Å². The van der Waals surface area contributed by atoms with Crippen LogP contribution in [0, 0.1) is 5.82 Å². The third-order valence-electron chi connectivity index (χ3n) is 4.61. The molecule has 1 aliphatic heterocycles. The normalized spacial score (nSPS) is 19.6. The van der Waals surface area contributed by atoms with Gasteiger partial charge in [0.05, 0.1) is 16.2 Å². The molecule has 1 saturated heterocycles. The molecule has 0 saturated carbocycles. The Hall–Kier alpha value is -2.50. The first-order chi connectivity index (χ1) is 12.6. The number of ether oxygens (including phenoxy) is 1. The molecule has 1 fully saturated rings. The van der Waals surface area contributed by atoms with Crippen LogP contribution in [0.2, 0.25) is 5.02 Å². The van der Waals surface area contributed by atoms with Gasteiger partial charge in [0.15, 0.2) is 0 Å². The topological polar surface area (TPSA) is 51.2 Å². The maximum Gasteiger partial charge on any atom is 0.254 e. The molecule has 1 aliphatic rings.